The van der Waals surface area contributed by atoms with E-state index in [1.807, 2.05) is 30.3 Å². The monoisotopic (exact) mass is 241 g/mol. The fourth-order valence-corrected chi connectivity index (χ4v) is 2.30. The number of hydrogen-bond acceptors (Lipinski definition) is 3. The average Bonchev–Trinajstić information content (AvgIpc) is 2.66. The van der Waals surface area contributed by atoms with E-state index in [-0.39, 0.29) is 0 Å². The van der Waals surface area contributed by atoms with E-state index < -0.39 is 9.26 Å². The van der Waals surface area contributed by atoms with Crippen molar-refractivity contribution in [3.8, 4) is 5.69 Å². The average molecular weight is 241 g/mol. The fourth-order valence-electron chi connectivity index (χ4n) is 1.14. The smallest absolute Gasteiger partial charge is 0.276 e. The van der Waals surface area contributed by atoms with Crippen molar-refractivity contribution in [2.24, 2.45) is 0 Å². The lowest BCUT2D eigenvalue weighted by Crippen LogP contribution is -1.96. The van der Waals surface area contributed by atoms with Crippen LogP contribution in [0.2, 0.25) is 0 Å². The largest absolute Gasteiger partial charge is 0.281 e. The molecule has 78 valence electrons. The van der Waals surface area contributed by atoms with Crippen molar-refractivity contribution < 1.29 is 8.42 Å². The Morgan fingerprint density at radius 1 is 1.27 bits per heavy atom. The Morgan fingerprint density at radius 2 is 2.00 bits per heavy atom. The van der Waals surface area contributed by atoms with E-state index >= 15 is 0 Å². The van der Waals surface area contributed by atoms with Gasteiger partial charge in [0.1, 0.15) is 6.33 Å². The summed E-state index contributed by atoms with van der Waals surface area (Å²) in [6.07, 6.45) is 1.45. The van der Waals surface area contributed by atoms with Crippen LogP contribution in [-0.4, -0.2) is 23.2 Å². The van der Waals surface area contributed by atoms with Crippen molar-refractivity contribution in [2.75, 3.05) is 0 Å². The lowest BCUT2D eigenvalue weighted by Gasteiger charge is -1.98. The van der Waals surface area contributed by atoms with E-state index in [4.69, 9.17) is 0 Å². The summed E-state index contributed by atoms with van der Waals surface area (Å²) in [5.74, 6) is 0. The summed E-state index contributed by atoms with van der Waals surface area (Å²) in [5.41, 5.74) is 0.836. The highest BCUT2D eigenvalue weighted by atomic mass is 32.8. The van der Waals surface area contributed by atoms with E-state index in [0.717, 1.165) is 5.69 Å². The van der Waals surface area contributed by atoms with Gasteiger partial charge < -0.3 is 0 Å². The molecule has 0 aliphatic carbocycles. The van der Waals surface area contributed by atoms with Crippen molar-refractivity contribution in [1.82, 2.24) is 14.8 Å². The first-order valence-corrected chi connectivity index (χ1v) is 6.46. The second-order valence-corrected chi connectivity index (χ2v) is 4.88. The van der Waals surface area contributed by atoms with Gasteiger partial charge in [0.25, 0.3) is 9.26 Å². The van der Waals surface area contributed by atoms with E-state index in [1.165, 1.54) is 6.33 Å². The minimum Gasteiger partial charge on any atom is -0.281 e. The van der Waals surface area contributed by atoms with Gasteiger partial charge in [-0.15, -0.1) is 0 Å². The maximum absolute atomic E-state index is 10.5. The first kappa shape index (κ1) is 9.94. The number of rotatable bonds is 1. The van der Waals surface area contributed by atoms with Gasteiger partial charge in [0.05, 0.1) is 5.69 Å². The molecule has 0 aliphatic rings. The Kier molecular flexibility index (Phi) is 2.84. The molecule has 5 nitrogen and oxygen atoms in total. The van der Waals surface area contributed by atoms with Crippen LogP contribution in [0.5, 0.6) is 0 Å². The lowest BCUT2D eigenvalue weighted by molar-refractivity contribution is 0.628. The van der Waals surface area contributed by atoms with Crippen molar-refractivity contribution >= 4 is 19.2 Å². The highest BCUT2D eigenvalue weighted by Crippen LogP contribution is 2.03. The molecule has 0 fully saturated rings. The Balaban J connectivity index is 2.78. The van der Waals surface area contributed by atoms with E-state index in [2.05, 4.69) is 10.1 Å². The van der Waals surface area contributed by atoms with Crippen LogP contribution < -0.4 is 0 Å². The van der Waals surface area contributed by atoms with Gasteiger partial charge in [-0.05, 0) is 12.1 Å². The van der Waals surface area contributed by atoms with Gasteiger partial charge in [0.2, 0.25) is 4.77 Å². The number of aromatic nitrogens is 3. The van der Waals surface area contributed by atoms with Crippen molar-refractivity contribution in [1.29, 1.82) is 0 Å². The molecule has 1 aromatic carbocycles. The van der Waals surface area contributed by atoms with Crippen LogP contribution in [0.15, 0.2) is 36.7 Å². The molecular formula is C8H7N3O2S2. The Bertz CT molecular complexity index is 655. The SMILES string of the molecule is O=S(=O)=S=c1nc[nH]n1-c1ccccc1. The first-order chi connectivity index (χ1) is 7.27. The van der Waals surface area contributed by atoms with Gasteiger partial charge in [-0.25, -0.2) is 9.67 Å². The number of para-hydroxylation sites is 1. The standard InChI is InChI=1S/C8H7N3O2S2/c12-15(13)14-8-9-6-10-11(8)7-4-2-1-3-5-7/h1-6H,(H,9,10). The van der Waals surface area contributed by atoms with Crippen LogP contribution in [0.25, 0.3) is 5.69 Å². The topological polar surface area (TPSA) is 67.8 Å². The molecule has 1 heterocycles. The van der Waals surface area contributed by atoms with Crippen molar-refractivity contribution in [3.05, 3.63) is 41.4 Å². The summed E-state index contributed by atoms with van der Waals surface area (Å²) < 4.78 is 23.1. The summed E-state index contributed by atoms with van der Waals surface area (Å²) in [4.78, 5) is 3.91. The van der Waals surface area contributed by atoms with Crippen LogP contribution in [-0.2, 0) is 19.2 Å². The second kappa shape index (κ2) is 4.28. The molecule has 15 heavy (non-hydrogen) atoms. The lowest BCUT2D eigenvalue weighted by atomic mass is 10.3. The van der Waals surface area contributed by atoms with Gasteiger partial charge in [0.15, 0.2) is 0 Å². The highest BCUT2D eigenvalue weighted by molar-refractivity contribution is 8.19. The van der Waals surface area contributed by atoms with Crippen LogP contribution >= 0.6 is 0 Å². The summed E-state index contributed by atoms with van der Waals surface area (Å²) >= 11 is 0. The third-order valence-electron chi connectivity index (χ3n) is 1.71. The summed E-state index contributed by atoms with van der Waals surface area (Å²) in [7, 11) is -1.55. The number of nitrogens with zero attached hydrogens (tertiary/aromatic N) is 2. The minimum absolute atomic E-state index is 0.384. The zero-order chi connectivity index (χ0) is 10.7. The molecule has 0 atom stereocenters. The van der Waals surface area contributed by atoms with E-state index in [9.17, 15) is 8.42 Å². The molecule has 0 unspecified atom stereocenters. The van der Waals surface area contributed by atoms with Crippen LogP contribution in [0, 0.1) is 4.77 Å². The number of hydrogen-bond donors (Lipinski definition) is 1. The van der Waals surface area contributed by atoms with E-state index in [0.29, 0.717) is 14.7 Å². The molecule has 0 amide bonds. The van der Waals surface area contributed by atoms with Crippen LogP contribution in [0.3, 0.4) is 0 Å². The Labute approximate surface area is 89.8 Å². The molecule has 1 N–H and O–H groups in total. The number of aromatic amines is 1. The van der Waals surface area contributed by atoms with Crippen molar-refractivity contribution in [3.63, 3.8) is 0 Å². The van der Waals surface area contributed by atoms with Crippen LogP contribution in [0.4, 0.5) is 0 Å². The molecule has 0 saturated carbocycles. The van der Waals surface area contributed by atoms with Gasteiger partial charge in [-0.2, -0.15) is 8.42 Å². The maximum atomic E-state index is 10.5. The minimum atomic E-state index is -2.22. The van der Waals surface area contributed by atoms with Crippen LogP contribution in [0.1, 0.15) is 0 Å². The zero-order valence-electron chi connectivity index (χ0n) is 7.49. The summed E-state index contributed by atoms with van der Waals surface area (Å²) in [5, 5.41) is 2.84. The third-order valence-corrected chi connectivity index (χ3v) is 3.14. The number of benzene rings is 1. The second-order valence-electron chi connectivity index (χ2n) is 2.63. The van der Waals surface area contributed by atoms with Crippen molar-refractivity contribution in [2.45, 2.75) is 0 Å². The molecule has 2 aromatic rings. The van der Waals surface area contributed by atoms with Gasteiger partial charge in [-0.1, -0.05) is 18.2 Å². The molecule has 0 aliphatic heterocycles. The Morgan fingerprint density at radius 3 is 2.67 bits per heavy atom. The van der Waals surface area contributed by atoms with Gasteiger partial charge >= 0.3 is 0 Å². The first-order valence-electron chi connectivity index (χ1n) is 4.06. The molecular weight excluding hydrogens is 234 g/mol. The highest BCUT2D eigenvalue weighted by Gasteiger charge is 1.96. The third kappa shape index (κ3) is 2.25. The molecule has 0 radical (unpaired) electrons. The zero-order valence-corrected chi connectivity index (χ0v) is 9.12. The fraction of sp³-hybridized carbons (Fsp3) is 0. The predicted octanol–water partition coefficient (Wildman–Crippen LogP) is 0.609. The quantitative estimate of drug-likeness (QED) is 0.744. The molecule has 0 bridgehead atoms. The number of H-pyrrole nitrogens is 1. The maximum Gasteiger partial charge on any atom is 0.276 e. The van der Waals surface area contributed by atoms with Gasteiger partial charge in [-0.3, -0.25) is 5.10 Å². The predicted molar refractivity (Wildman–Crippen MR) is 57.4 cm³/mol. The Hall–Kier alpha value is -1.60. The molecule has 7 heteroatoms. The molecule has 0 saturated heterocycles. The van der Waals surface area contributed by atoms with E-state index in [1.54, 1.807) is 4.68 Å². The summed E-state index contributed by atoms with van der Waals surface area (Å²) in [6, 6.07) is 9.34. The molecule has 1 aromatic heterocycles. The van der Waals surface area contributed by atoms with Gasteiger partial charge in [0, 0.05) is 9.91 Å². The summed E-state index contributed by atoms with van der Waals surface area (Å²) in [6.45, 7) is 0. The molecule has 0 spiro atoms. The molecule has 2 rings (SSSR count). The normalized spacial score (nSPS) is 9.87. The number of nitrogens with one attached hydrogen (secondary N) is 1.